The van der Waals surface area contributed by atoms with Gasteiger partial charge in [-0.2, -0.15) is 0 Å². The molecular weight excluding hydrogens is 374 g/mol. The van der Waals surface area contributed by atoms with Gasteiger partial charge in [0.25, 0.3) is 0 Å². The fourth-order valence-corrected chi connectivity index (χ4v) is 4.07. The summed E-state index contributed by atoms with van der Waals surface area (Å²) in [6.07, 6.45) is 9.33. The van der Waals surface area contributed by atoms with Gasteiger partial charge < -0.3 is 5.32 Å². The summed E-state index contributed by atoms with van der Waals surface area (Å²) in [6.45, 7) is 17.1. The molecule has 1 N–H and O–H groups in total. The van der Waals surface area contributed by atoms with Gasteiger partial charge in [0, 0.05) is 6.04 Å². The molecule has 3 rings (SSSR count). The largest absolute Gasteiger partial charge is 0.318 e. The van der Waals surface area contributed by atoms with Crippen molar-refractivity contribution in [3.63, 3.8) is 0 Å². The summed E-state index contributed by atoms with van der Waals surface area (Å²) in [5.74, 6) is 0.894. The highest BCUT2D eigenvalue weighted by molar-refractivity contribution is 5.66. The lowest BCUT2D eigenvalue weighted by molar-refractivity contribution is 0.356. The quantitative estimate of drug-likeness (QED) is 0.494. The van der Waals surface area contributed by atoms with Crippen LogP contribution in [0.25, 0.3) is 5.57 Å². The molecule has 0 unspecified atom stereocenters. The minimum Gasteiger partial charge on any atom is -0.318 e. The van der Waals surface area contributed by atoms with E-state index in [4.69, 9.17) is 0 Å². The zero-order chi connectivity index (χ0) is 23.2. The molecule has 31 heavy (non-hydrogen) atoms. The smallest absolute Gasteiger partial charge is 0.000733 e. The van der Waals surface area contributed by atoms with Crippen LogP contribution in [0.4, 0.5) is 0 Å². The summed E-state index contributed by atoms with van der Waals surface area (Å²) in [5, 5.41) is 3.03. The number of aryl methyl sites for hydroxylation is 2. The Morgan fingerprint density at radius 3 is 2.03 bits per heavy atom. The Morgan fingerprint density at radius 2 is 1.48 bits per heavy atom. The molecule has 0 saturated heterocycles. The lowest BCUT2D eigenvalue weighted by Gasteiger charge is -2.23. The van der Waals surface area contributed by atoms with Gasteiger partial charge in [0.1, 0.15) is 0 Å². The van der Waals surface area contributed by atoms with Crippen LogP contribution in [0.3, 0.4) is 0 Å². The minimum atomic E-state index is 0.634. The van der Waals surface area contributed by atoms with Gasteiger partial charge in [0.2, 0.25) is 0 Å². The van der Waals surface area contributed by atoms with Gasteiger partial charge in [0.05, 0.1) is 0 Å². The molecule has 0 bridgehead atoms. The van der Waals surface area contributed by atoms with Crippen molar-refractivity contribution in [1.82, 2.24) is 5.32 Å². The first kappa shape index (κ1) is 27.2. The standard InChI is InChI=1S/C24H30.C4H11N.C2H6/c1-18-14-19(2)24(16-21-10-6-4-7-11-21)17-23(18)15-20(3)22-12-8-5-9-13-22;1-4(2)5-3;1-2/h5,8-9,12-14,17,21H,3-4,6-7,10-11,15-16H2,1-2H3;4-5H,1-3H3;1-2H3. The van der Waals surface area contributed by atoms with Crippen molar-refractivity contribution in [3.05, 3.63) is 76.9 Å². The van der Waals surface area contributed by atoms with Gasteiger partial charge in [-0.3, -0.25) is 0 Å². The van der Waals surface area contributed by atoms with E-state index in [0.717, 1.165) is 12.3 Å². The average molecular weight is 422 g/mol. The molecule has 0 radical (unpaired) electrons. The fraction of sp³-hybridized carbons (Fsp3) is 0.533. The fourth-order valence-electron chi connectivity index (χ4n) is 4.07. The first-order chi connectivity index (χ1) is 14.9. The van der Waals surface area contributed by atoms with E-state index < -0.39 is 0 Å². The summed E-state index contributed by atoms with van der Waals surface area (Å²) in [6, 6.07) is 16.1. The molecule has 0 amide bonds. The van der Waals surface area contributed by atoms with Crippen molar-refractivity contribution >= 4 is 5.57 Å². The van der Waals surface area contributed by atoms with E-state index in [2.05, 4.69) is 82.1 Å². The van der Waals surface area contributed by atoms with Crippen LogP contribution in [-0.2, 0) is 12.8 Å². The molecule has 1 fully saturated rings. The SMILES string of the molecule is C=C(Cc1cc(CC2CCCCC2)c(C)cc1C)c1ccccc1.CC.CNC(C)C. The summed E-state index contributed by atoms with van der Waals surface area (Å²) < 4.78 is 0. The summed E-state index contributed by atoms with van der Waals surface area (Å²) in [4.78, 5) is 0. The Kier molecular flexibility index (Phi) is 13.2. The zero-order valence-electron chi connectivity index (χ0n) is 21.4. The molecule has 0 aliphatic heterocycles. The monoisotopic (exact) mass is 421 g/mol. The normalized spacial score (nSPS) is 13.7. The number of allylic oxidation sites excluding steroid dienone is 1. The summed E-state index contributed by atoms with van der Waals surface area (Å²) in [7, 11) is 1.95. The Balaban J connectivity index is 0.000000605. The Morgan fingerprint density at radius 1 is 0.935 bits per heavy atom. The van der Waals surface area contributed by atoms with Crippen molar-refractivity contribution in [1.29, 1.82) is 0 Å². The first-order valence-electron chi connectivity index (χ1n) is 12.4. The molecule has 1 aliphatic rings. The summed E-state index contributed by atoms with van der Waals surface area (Å²) in [5.41, 5.74) is 8.34. The van der Waals surface area contributed by atoms with E-state index in [1.54, 1.807) is 5.56 Å². The van der Waals surface area contributed by atoms with Crippen molar-refractivity contribution in [2.45, 2.75) is 92.5 Å². The van der Waals surface area contributed by atoms with Gasteiger partial charge in [-0.05, 0) is 73.0 Å². The zero-order valence-corrected chi connectivity index (χ0v) is 21.4. The van der Waals surface area contributed by atoms with E-state index in [-0.39, 0.29) is 0 Å². The van der Waals surface area contributed by atoms with E-state index >= 15 is 0 Å². The number of benzene rings is 2. The van der Waals surface area contributed by atoms with E-state index in [9.17, 15) is 0 Å². The maximum absolute atomic E-state index is 4.33. The number of hydrogen-bond acceptors (Lipinski definition) is 1. The van der Waals surface area contributed by atoms with E-state index in [1.807, 2.05) is 20.9 Å². The second-order valence-electron chi connectivity index (χ2n) is 9.00. The lowest BCUT2D eigenvalue weighted by Crippen LogP contribution is -2.15. The Labute approximate surface area is 193 Å². The molecule has 2 aromatic carbocycles. The van der Waals surface area contributed by atoms with Crippen LogP contribution in [0, 0.1) is 19.8 Å². The maximum Gasteiger partial charge on any atom is 0.000733 e. The molecule has 1 saturated carbocycles. The van der Waals surface area contributed by atoms with E-state index in [1.165, 1.54) is 66.4 Å². The van der Waals surface area contributed by atoms with Crippen LogP contribution in [0.15, 0.2) is 49.0 Å². The third-order valence-corrected chi connectivity index (χ3v) is 6.19. The predicted octanol–water partition coefficient (Wildman–Crippen LogP) is 8.32. The Hall–Kier alpha value is -1.86. The van der Waals surface area contributed by atoms with Gasteiger partial charge in [0.15, 0.2) is 0 Å². The number of hydrogen-bond donors (Lipinski definition) is 1. The van der Waals surface area contributed by atoms with Gasteiger partial charge in [-0.1, -0.05) is 109 Å². The molecule has 0 spiro atoms. The van der Waals surface area contributed by atoms with Crippen LogP contribution in [0.1, 0.15) is 87.6 Å². The average Bonchev–Trinajstić information content (AvgIpc) is 2.80. The first-order valence-corrected chi connectivity index (χ1v) is 12.4. The molecule has 0 aromatic heterocycles. The van der Waals surface area contributed by atoms with Gasteiger partial charge in [-0.15, -0.1) is 0 Å². The number of rotatable bonds is 6. The highest BCUT2D eigenvalue weighted by Gasteiger charge is 2.16. The predicted molar refractivity (Wildman–Crippen MR) is 141 cm³/mol. The van der Waals surface area contributed by atoms with Crippen molar-refractivity contribution in [2.75, 3.05) is 7.05 Å². The summed E-state index contributed by atoms with van der Waals surface area (Å²) >= 11 is 0. The highest BCUT2D eigenvalue weighted by Crippen LogP contribution is 2.30. The van der Waals surface area contributed by atoms with Crippen molar-refractivity contribution in [2.24, 2.45) is 5.92 Å². The molecule has 172 valence electrons. The third kappa shape index (κ3) is 9.87. The second kappa shape index (κ2) is 15.0. The molecule has 2 aromatic rings. The van der Waals surface area contributed by atoms with E-state index in [0.29, 0.717) is 6.04 Å². The van der Waals surface area contributed by atoms with Crippen LogP contribution < -0.4 is 5.32 Å². The van der Waals surface area contributed by atoms with Crippen LogP contribution in [-0.4, -0.2) is 13.1 Å². The topological polar surface area (TPSA) is 12.0 Å². The van der Waals surface area contributed by atoms with Gasteiger partial charge >= 0.3 is 0 Å². The molecule has 0 heterocycles. The highest BCUT2D eigenvalue weighted by atomic mass is 14.8. The minimum absolute atomic E-state index is 0.634. The van der Waals surface area contributed by atoms with Crippen LogP contribution in [0.2, 0.25) is 0 Å². The Bertz CT molecular complexity index is 751. The maximum atomic E-state index is 4.33. The lowest BCUT2D eigenvalue weighted by atomic mass is 9.82. The third-order valence-electron chi connectivity index (χ3n) is 6.19. The second-order valence-corrected chi connectivity index (χ2v) is 9.00. The van der Waals surface area contributed by atoms with Crippen LogP contribution >= 0.6 is 0 Å². The van der Waals surface area contributed by atoms with Gasteiger partial charge in [-0.25, -0.2) is 0 Å². The molecule has 1 aliphatic carbocycles. The molecule has 1 heteroatoms. The number of nitrogens with one attached hydrogen (secondary N) is 1. The van der Waals surface area contributed by atoms with Crippen molar-refractivity contribution in [3.8, 4) is 0 Å². The molecular formula is C30H47N. The van der Waals surface area contributed by atoms with Crippen LogP contribution in [0.5, 0.6) is 0 Å². The van der Waals surface area contributed by atoms with Crippen molar-refractivity contribution < 1.29 is 0 Å². The molecule has 0 atom stereocenters. The molecule has 1 nitrogen and oxygen atoms in total.